The van der Waals surface area contributed by atoms with E-state index in [1.165, 1.54) is 12.1 Å². The van der Waals surface area contributed by atoms with Gasteiger partial charge in [-0.3, -0.25) is 9.78 Å². The number of amides is 1. The maximum Gasteiger partial charge on any atom is 0.230 e. The number of pyridine rings is 1. The molecule has 0 N–H and O–H groups in total. The van der Waals surface area contributed by atoms with Crippen molar-refractivity contribution < 1.29 is 13.9 Å². The lowest BCUT2D eigenvalue weighted by molar-refractivity contribution is -0.120. The van der Waals surface area contributed by atoms with E-state index in [1.54, 1.807) is 12.1 Å². The minimum absolute atomic E-state index is 0.00960. The first-order valence-corrected chi connectivity index (χ1v) is 9.46. The van der Waals surface area contributed by atoms with Gasteiger partial charge in [0.05, 0.1) is 17.9 Å². The summed E-state index contributed by atoms with van der Waals surface area (Å²) in [5.41, 5.74) is 3.61. The summed E-state index contributed by atoms with van der Waals surface area (Å²) in [6, 6.07) is 17.9. The van der Waals surface area contributed by atoms with Gasteiger partial charge in [-0.25, -0.2) is 4.39 Å². The van der Waals surface area contributed by atoms with E-state index in [-0.39, 0.29) is 23.6 Å². The van der Waals surface area contributed by atoms with Gasteiger partial charge in [-0.15, -0.1) is 0 Å². The fourth-order valence-electron chi connectivity index (χ4n) is 3.85. The average Bonchev–Trinajstić information content (AvgIpc) is 3.54. The lowest BCUT2D eigenvalue weighted by atomic mass is 10.1. The molecule has 2 atom stereocenters. The SMILES string of the molecule is O=C(C1CC1c1ccc(-c2ccc(F)cc2)nc1)N1CCOc2ccccc21. The maximum atomic E-state index is 13.1. The Hall–Kier alpha value is -3.21. The molecule has 1 aliphatic carbocycles. The first-order valence-electron chi connectivity index (χ1n) is 9.46. The van der Waals surface area contributed by atoms with Crippen molar-refractivity contribution >= 4 is 11.6 Å². The summed E-state index contributed by atoms with van der Waals surface area (Å²) in [4.78, 5) is 19.4. The molecule has 2 aliphatic rings. The van der Waals surface area contributed by atoms with Crippen LogP contribution in [0.4, 0.5) is 10.1 Å². The molecule has 5 rings (SSSR count). The highest BCUT2D eigenvalue weighted by Gasteiger charge is 2.46. The van der Waals surface area contributed by atoms with Gasteiger partial charge in [0, 0.05) is 17.7 Å². The third-order valence-electron chi connectivity index (χ3n) is 5.46. The number of aromatic nitrogens is 1. The summed E-state index contributed by atoms with van der Waals surface area (Å²) in [6.07, 6.45) is 2.68. The fraction of sp³-hybridized carbons (Fsp3) is 0.217. The maximum absolute atomic E-state index is 13.1. The van der Waals surface area contributed by atoms with Gasteiger partial charge >= 0.3 is 0 Å². The molecule has 0 radical (unpaired) electrons. The molecule has 0 spiro atoms. The number of nitrogens with zero attached hydrogens (tertiary/aromatic N) is 2. The number of rotatable bonds is 3. The van der Waals surface area contributed by atoms with Crippen molar-refractivity contribution in [3.63, 3.8) is 0 Å². The van der Waals surface area contributed by atoms with E-state index in [2.05, 4.69) is 4.98 Å². The Morgan fingerprint density at radius 1 is 1.07 bits per heavy atom. The standard InChI is InChI=1S/C23H19FN2O2/c24-17-8-5-15(6-9-17)20-10-7-16(14-25-20)18-13-19(18)23(27)26-11-12-28-22-4-2-1-3-21(22)26/h1-10,14,18-19H,11-13H2. The summed E-state index contributed by atoms with van der Waals surface area (Å²) in [7, 11) is 0. The normalized spacial score (nSPS) is 20.2. The van der Waals surface area contributed by atoms with Gasteiger partial charge in [-0.2, -0.15) is 0 Å². The van der Waals surface area contributed by atoms with Crippen molar-refractivity contribution in [2.75, 3.05) is 18.1 Å². The van der Waals surface area contributed by atoms with Crippen LogP contribution in [0.2, 0.25) is 0 Å². The second kappa shape index (κ2) is 6.75. The number of fused-ring (bicyclic) bond motifs is 1. The molecule has 140 valence electrons. The molecule has 1 aromatic heterocycles. The van der Waals surface area contributed by atoms with E-state index >= 15 is 0 Å². The van der Waals surface area contributed by atoms with Crippen molar-refractivity contribution in [3.05, 3.63) is 78.2 Å². The van der Waals surface area contributed by atoms with E-state index in [0.29, 0.717) is 13.2 Å². The van der Waals surface area contributed by atoms with E-state index in [9.17, 15) is 9.18 Å². The number of anilines is 1. The third-order valence-corrected chi connectivity index (χ3v) is 5.46. The van der Waals surface area contributed by atoms with Crippen LogP contribution in [0, 0.1) is 11.7 Å². The van der Waals surface area contributed by atoms with Crippen LogP contribution >= 0.6 is 0 Å². The molecule has 5 heteroatoms. The smallest absolute Gasteiger partial charge is 0.230 e. The fourth-order valence-corrected chi connectivity index (χ4v) is 3.85. The quantitative estimate of drug-likeness (QED) is 0.682. The topological polar surface area (TPSA) is 42.4 Å². The highest BCUT2D eigenvalue weighted by Crippen LogP contribution is 2.49. The lowest BCUT2D eigenvalue weighted by Crippen LogP contribution is -2.39. The van der Waals surface area contributed by atoms with Gasteiger partial charge in [0.15, 0.2) is 0 Å². The molecule has 2 heterocycles. The van der Waals surface area contributed by atoms with Crippen molar-refractivity contribution in [1.82, 2.24) is 4.98 Å². The second-order valence-corrected chi connectivity index (χ2v) is 7.24. The monoisotopic (exact) mass is 374 g/mol. The van der Waals surface area contributed by atoms with E-state index in [0.717, 1.165) is 34.7 Å². The lowest BCUT2D eigenvalue weighted by Gasteiger charge is -2.29. The Balaban J connectivity index is 1.31. The van der Waals surface area contributed by atoms with E-state index < -0.39 is 0 Å². The molecular formula is C23H19FN2O2. The number of benzene rings is 2. The van der Waals surface area contributed by atoms with Crippen LogP contribution in [0.3, 0.4) is 0 Å². The summed E-state index contributed by atoms with van der Waals surface area (Å²) >= 11 is 0. The van der Waals surface area contributed by atoms with Gasteiger partial charge in [-0.05, 0) is 60.4 Å². The number of carbonyl (C=O) groups is 1. The number of carbonyl (C=O) groups excluding carboxylic acids is 1. The van der Waals surface area contributed by atoms with Gasteiger partial charge in [0.25, 0.3) is 0 Å². The highest BCUT2D eigenvalue weighted by molar-refractivity contribution is 5.99. The molecule has 0 bridgehead atoms. The van der Waals surface area contributed by atoms with E-state index in [4.69, 9.17) is 4.74 Å². The van der Waals surface area contributed by atoms with Crippen LogP contribution in [0.1, 0.15) is 17.9 Å². The average molecular weight is 374 g/mol. The summed E-state index contributed by atoms with van der Waals surface area (Å²) in [5, 5.41) is 0. The molecule has 0 saturated heterocycles. The highest BCUT2D eigenvalue weighted by atomic mass is 19.1. The molecule has 1 fully saturated rings. The molecule has 28 heavy (non-hydrogen) atoms. The third kappa shape index (κ3) is 3.03. The zero-order valence-corrected chi connectivity index (χ0v) is 15.2. The zero-order valence-electron chi connectivity index (χ0n) is 15.2. The van der Waals surface area contributed by atoms with Crippen molar-refractivity contribution in [2.45, 2.75) is 12.3 Å². The molecule has 2 aromatic carbocycles. The minimum Gasteiger partial charge on any atom is -0.490 e. The predicted octanol–water partition coefficient (Wildman–Crippen LogP) is 4.42. The van der Waals surface area contributed by atoms with Crippen LogP contribution in [-0.2, 0) is 4.79 Å². The number of para-hydroxylation sites is 2. The van der Waals surface area contributed by atoms with Gasteiger partial charge in [0.1, 0.15) is 18.2 Å². The van der Waals surface area contributed by atoms with E-state index in [1.807, 2.05) is 47.5 Å². The van der Waals surface area contributed by atoms with Gasteiger partial charge < -0.3 is 9.64 Å². The number of hydrogen-bond acceptors (Lipinski definition) is 3. The van der Waals surface area contributed by atoms with Crippen LogP contribution < -0.4 is 9.64 Å². The van der Waals surface area contributed by atoms with Crippen LogP contribution in [0.25, 0.3) is 11.3 Å². The van der Waals surface area contributed by atoms with Gasteiger partial charge in [0.2, 0.25) is 5.91 Å². The first-order chi connectivity index (χ1) is 13.7. The van der Waals surface area contributed by atoms with Crippen LogP contribution in [0.15, 0.2) is 66.9 Å². The van der Waals surface area contributed by atoms with Crippen LogP contribution in [-0.4, -0.2) is 24.0 Å². The summed E-state index contributed by atoms with van der Waals surface area (Å²) < 4.78 is 18.7. The molecule has 1 aliphatic heterocycles. The Morgan fingerprint density at radius 2 is 1.89 bits per heavy atom. The largest absolute Gasteiger partial charge is 0.490 e. The van der Waals surface area contributed by atoms with Gasteiger partial charge in [-0.1, -0.05) is 18.2 Å². The molecule has 4 nitrogen and oxygen atoms in total. The summed E-state index contributed by atoms with van der Waals surface area (Å²) in [5.74, 6) is 0.860. The number of ether oxygens (including phenoxy) is 1. The second-order valence-electron chi connectivity index (χ2n) is 7.24. The first kappa shape index (κ1) is 16.9. The Morgan fingerprint density at radius 3 is 2.68 bits per heavy atom. The zero-order chi connectivity index (χ0) is 19.1. The molecule has 1 amide bonds. The van der Waals surface area contributed by atoms with Crippen LogP contribution in [0.5, 0.6) is 5.75 Å². The Kier molecular flexibility index (Phi) is 4.08. The predicted molar refractivity (Wildman–Crippen MR) is 105 cm³/mol. The Bertz CT molecular complexity index is 1020. The summed E-state index contributed by atoms with van der Waals surface area (Å²) in [6.45, 7) is 1.11. The van der Waals surface area contributed by atoms with Crippen molar-refractivity contribution in [1.29, 1.82) is 0 Å². The Labute approximate surface area is 162 Å². The van der Waals surface area contributed by atoms with Crippen molar-refractivity contribution in [3.8, 4) is 17.0 Å². The minimum atomic E-state index is -0.260. The molecule has 1 saturated carbocycles. The molecular weight excluding hydrogens is 355 g/mol. The number of hydrogen-bond donors (Lipinski definition) is 0. The molecule has 2 unspecified atom stereocenters. The van der Waals surface area contributed by atoms with Crippen molar-refractivity contribution in [2.24, 2.45) is 5.92 Å². The number of halogens is 1. The molecule has 3 aromatic rings.